The van der Waals surface area contributed by atoms with E-state index in [0.717, 1.165) is 25.2 Å². The molecule has 0 heterocycles. The standard InChI is InChI=1S/C18H25N3O/c1-20(2)11-12-21(15-16-7-4-3-5-8-16)18-10-6-9-17(13-18)14-19-22/h3-10,13,19,22H,11-12,14-15H2,1-2H3. The second kappa shape index (κ2) is 8.54. The number of rotatable bonds is 8. The highest BCUT2D eigenvalue weighted by Gasteiger charge is 2.08. The van der Waals surface area contributed by atoms with Gasteiger partial charge in [-0.2, -0.15) is 0 Å². The molecule has 0 atom stereocenters. The van der Waals surface area contributed by atoms with Crippen molar-refractivity contribution in [3.05, 3.63) is 65.7 Å². The third-order valence-electron chi connectivity index (χ3n) is 3.59. The third-order valence-corrected chi connectivity index (χ3v) is 3.59. The van der Waals surface area contributed by atoms with Crippen LogP contribution in [0.5, 0.6) is 0 Å². The summed E-state index contributed by atoms with van der Waals surface area (Å²) in [5.41, 5.74) is 5.77. The van der Waals surface area contributed by atoms with Crippen LogP contribution < -0.4 is 10.4 Å². The molecule has 0 unspecified atom stereocenters. The van der Waals surface area contributed by atoms with Crippen LogP contribution in [-0.2, 0) is 13.1 Å². The molecular formula is C18H25N3O. The Morgan fingerprint density at radius 2 is 1.64 bits per heavy atom. The van der Waals surface area contributed by atoms with Gasteiger partial charge in [0.1, 0.15) is 0 Å². The van der Waals surface area contributed by atoms with Gasteiger partial charge in [-0.25, -0.2) is 5.48 Å². The van der Waals surface area contributed by atoms with Gasteiger partial charge < -0.3 is 15.0 Å². The molecule has 4 heteroatoms. The molecule has 0 saturated heterocycles. The van der Waals surface area contributed by atoms with Gasteiger partial charge in [0.25, 0.3) is 0 Å². The predicted octanol–water partition coefficient (Wildman–Crippen LogP) is 2.73. The quantitative estimate of drug-likeness (QED) is 0.735. The zero-order chi connectivity index (χ0) is 15.8. The van der Waals surface area contributed by atoms with Crippen LogP contribution in [0.25, 0.3) is 0 Å². The first-order valence-electron chi connectivity index (χ1n) is 7.58. The summed E-state index contributed by atoms with van der Waals surface area (Å²) >= 11 is 0. The Hall–Kier alpha value is -1.88. The molecule has 0 radical (unpaired) electrons. The van der Waals surface area contributed by atoms with Gasteiger partial charge in [-0.3, -0.25) is 0 Å². The zero-order valence-corrected chi connectivity index (χ0v) is 13.4. The Kier molecular flexibility index (Phi) is 6.40. The molecule has 4 nitrogen and oxygen atoms in total. The second-order valence-corrected chi connectivity index (χ2v) is 5.72. The average molecular weight is 299 g/mol. The highest BCUT2D eigenvalue weighted by Crippen LogP contribution is 2.19. The van der Waals surface area contributed by atoms with E-state index in [1.807, 2.05) is 18.2 Å². The van der Waals surface area contributed by atoms with Crippen LogP contribution in [0.2, 0.25) is 0 Å². The van der Waals surface area contributed by atoms with E-state index in [4.69, 9.17) is 5.21 Å². The summed E-state index contributed by atoms with van der Waals surface area (Å²) in [7, 11) is 4.18. The van der Waals surface area contributed by atoms with Crippen molar-refractivity contribution in [2.24, 2.45) is 0 Å². The fourth-order valence-electron chi connectivity index (χ4n) is 2.38. The maximum Gasteiger partial charge on any atom is 0.0458 e. The van der Waals surface area contributed by atoms with Gasteiger partial charge in [0.05, 0.1) is 0 Å². The number of hydrogen-bond donors (Lipinski definition) is 2. The van der Waals surface area contributed by atoms with E-state index in [1.165, 1.54) is 11.3 Å². The minimum Gasteiger partial charge on any atom is -0.366 e. The number of nitrogens with zero attached hydrogens (tertiary/aromatic N) is 2. The number of hydroxylamine groups is 1. The molecule has 0 bridgehead atoms. The van der Waals surface area contributed by atoms with Crippen molar-refractivity contribution in [2.75, 3.05) is 32.1 Å². The van der Waals surface area contributed by atoms with Crippen LogP contribution in [0.4, 0.5) is 5.69 Å². The fraction of sp³-hybridized carbons (Fsp3) is 0.333. The average Bonchev–Trinajstić information content (AvgIpc) is 2.53. The van der Waals surface area contributed by atoms with Crippen LogP contribution in [0, 0.1) is 0 Å². The van der Waals surface area contributed by atoms with Crippen molar-refractivity contribution in [3.8, 4) is 0 Å². The normalized spacial score (nSPS) is 10.9. The first-order chi connectivity index (χ1) is 10.7. The number of benzene rings is 2. The van der Waals surface area contributed by atoms with E-state index in [1.54, 1.807) is 0 Å². The molecule has 0 fully saturated rings. The summed E-state index contributed by atoms with van der Waals surface area (Å²) in [5, 5.41) is 8.89. The smallest absolute Gasteiger partial charge is 0.0458 e. The lowest BCUT2D eigenvalue weighted by molar-refractivity contribution is 0.161. The molecule has 2 aromatic carbocycles. The Morgan fingerprint density at radius 1 is 0.909 bits per heavy atom. The predicted molar refractivity (Wildman–Crippen MR) is 91.1 cm³/mol. The van der Waals surface area contributed by atoms with E-state index < -0.39 is 0 Å². The molecule has 0 aromatic heterocycles. The Morgan fingerprint density at radius 3 is 2.32 bits per heavy atom. The first kappa shape index (κ1) is 16.5. The summed E-state index contributed by atoms with van der Waals surface area (Å²) in [6.07, 6.45) is 0. The summed E-state index contributed by atoms with van der Waals surface area (Å²) in [6.45, 7) is 3.29. The number of likely N-dealkylation sites (N-methyl/N-ethyl adjacent to an activating group) is 1. The third kappa shape index (κ3) is 5.15. The van der Waals surface area contributed by atoms with E-state index in [-0.39, 0.29) is 0 Å². The number of hydrogen-bond acceptors (Lipinski definition) is 4. The highest BCUT2D eigenvalue weighted by molar-refractivity contribution is 5.49. The van der Waals surface area contributed by atoms with Crippen LogP contribution >= 0.6 is 0 Å². The minimum atomic E-state index is 0.459. The lowest BCUT2D eigenvalue weighted by Gasteiger charge is -2.27. The van der Waals surface area contributed by atoms with Crippen molar-refractivity contribution in [3.63, 3.8) is 0 Å². The largest absolute Gasteiger partial charge is 0.366 e. The van der Waals surface area contributed by atoms with Crippen molar-refractivity contribution in [2.45, 2.75) is 13.1 Å². The van der Waals surface area contributed by atoms with Gasteiger partial charge in [-0.05, 0) is 37.4 Å². The van der Waals surface area contributed by atoms with E-state index in [9.17, 15) is 0 Å². The molecule has 0 spiro atoms. The molecule has 0 aliphatic heterocycles. The number of anilines is 1. The maximum atomic E-state index is 8.89. The van der Waals surface area contributed by atoms with Crippen molar-refractivity contribution in [1.82, 2.24) is 10.4 Å². The summed E-state index contributed by atoms with van der Waals surface area (Å²) in [4.78, 5) is 4.56. The Labute approximate surface area is 132 Å². The number of nitrogens with one attached hydrogen (secondary N) is 1. The van der Waals surface area contributed by atoms with Crippen LogP contribution in [-0.4, -0.2) is 37.3 Å². The molecule has 0 aliphatic carbocycles. The molecule has 0 saturated carbocycles. The Balaban J connectivity index is 2.17. The fourth-order valence-corrected chi connectivity index (χ4v) is 2.38. The summed E-state index contributed by atoms with van der Waals surface area (Å²) < 4.78 is 0. The monoisotopic (exact) mass is 299 g/mol. The van der Waals surface area contributed by atoms with Gasteiger partial charge in [-0.1, -0.05) is 42.5 Å². The van der Waals surface area contributed by atoms with E-state index in [2.05, 4.69) is 65.8 Å². The van der Waals surface area contributed by atoms with Gasteiger partial charge in [0, 0.05) is 31.9 Å². The van der Waals surface area contributed by atoms with Gasteiger partial charge in [0.2, 0.25) is 0 Å². The van der Waals surface area contributed by atoms with Crippen LogP contribution in [0.15, 0.2) is 54.6 Å². The molecule has 2 N–H and O–H groups in total. The van der Waals surface area contributed by atoms with Crippen molar-refractivity contribution < 1.29 is 5.21 Å². The van der Waals surface area contributed by atoms with Gasteiger partial charge >= 0.3 is 0 Å². The Bertz CT molecular complexity index is 557. The van der Waals surface area contributed by atoms with Gasteiger partial charge in [-0.15, -0.1) is 0 Å². The van der Waals surface area contributed by atoms with Crippen molar-refractivity contribution in [1.29, 1.82) is 0 Å². The summed E-state index contributed by atoms with van der Waals surface area (Å²) in [5.74, 6) is 0. The maximum absolute atomic E-state index is 8.89. The molecule has 2 rings (SSSR count). The molecule has 2 aromatic rings. The van der Waals surface area contributed by atoms with Gasteiger partial charge in [0.15, 0.2) is 0 Å². The molecule has 22 heavy (non-hydrogen) atoms. The first-order valence-corrected chi connectivity index (χ1v) is 7.58. The lowest BCUT2D eigenvalue weighted by atomic mass is 10.1. The zero-order valence-electron chi connectivity index (χ0n) is 13.4. The molecular weight excluding hydrogens is 274 g/mol. The van der Waals surface area contributed by atoms with E-state index in [0.29, 0.717) is 6.54 Å². The minimum absolute atomic E-state index is 0.459. The highest BCUT2D eigenvalue weighted by atomic mass is 16.5. The van der Waals surface area contributed by atoms with Crippen molar-refractivity contribution >= 4 is 5.69 Å². The second-order valence-electron chi connectivity index (χ2n) is 5.72. The van der Waals surface area contributed by atoms with Crippen LogP contribution in [0.3, 0.4) is 0 Å². The topological polar surface area (TPSA) is 38.7 Å². The lowest BCUT2D eigenvalue weighted by Crippen LogP contribution is -2.31. The molecule has 0 amide bonds. The summed E-state index contributed by atoms with van der Waals surface area (Å²) in [6, 6.07) is 18.8. The SMILES string of the molecule is CN(C)CCN(Cc1ccccc1)c1cccc(CNO)c1. The molecule has 118 valence electrons. The molecule has 0 aliphatic rings. The van der Waals surface area contributed by atoms with E-state index >= 15 is 0 Å². The van der Waals surface area contributed by atoms with Crippen LogP contribution in [0.1, 0.15) is 11.1 Å².